The highest BCUT2D eigenvalue weighted by Gasteiger charge is 2.36. The molecule has 0 saturated heterocycles. The third-order valence-electron chi connectivity index (χ3n) is 7.85. The Hall–Kier alpha value is -4.20. The van der Waals surface area contributed by atoms with E-state index in [2.05, 4.69) is 20.0 Å². The van der Waals surface area contributed by atoms with Crippen molar-refractivity contribution in [1.29, 1.82) is 0 Å². The summed E-state index contributed by atoms with van der Waals surface area (Å²) in [7, 11) is 0. The maximum Gasteiger partial charge on any atom is 0.230 e. The summed E-state index contributed by atoms with van der Waals surface area (Å²) in [5, 5.41) is 34.2. The summed E-state index contributed by atoms with van der Waals surface area (Å²) in [5.41, 5.74) is 7.63. The van der Waals surface area contributed by atoms with E-state index in [0.29, 0.717) is 70.2 Å². The lowest BCUT2D eigenvalue weighted by molar-refractivity contribution is -0.107. The predicted molar refractivity (Wildman–Crippen MR) is 151 cm³/mol. The number of fused-ring (bicyclic) bond motifs is 5. The Balaban J connectivity index is 1.90. The number of allylic oxidation sites excluding steroid dienone is 6. The van der Waals surface area contributed by atoms with Gasteiger partial charge in [-0.15, -0.1) is 0 Å². The van der Waals surface area contributed by atoms with Crippen molar-refractivity contribution in [2.75, 3.05) is 0 Å². The molecule has 1 aromatic heterocycles. The van der Waals surface area contributed by atoms with Crippen molar-refractivity contribution in [2.45, 2.75) is 67.7 Å². The molecule has 0 spiro atoms. The highest BCUT2D eigenvalue weighted by molar-refractivity contribution is 6.73. The summed E-state index contributed by atoms with van der Waals surface area (Å²) in [4.78, 5) is 31.0. The van der Waals surface area contributed by atoms with E-state index in [-0.39, 0.29) is 34.5 Å². The van der Waals surface area contributed by atoms with Crippen molar-refractivity contribution in [3.05, 3.63) is 79.3 Å². The molecule has 4 N–H and O–H groups in total. The second-order valence-corrected chi connectivity index (χ2v) is 9.91. The number of aliphatic imine (C=N–C) groups is 3. The number of aromatic amines is 1. The average Bonchev–Trinajstić information content (AvgIpc) is 3.63. The van der Waals surface area contributed by atoms with Crippen LogP contribution in [0, 0.1) is 6.92 Å². The van der Waals surface area contributed by atoms with Gasteiger partial charge in [-0.3, -0.25) is 4.79 Å². The number of nitrogens with zero attached hydrogens (tertiary/aromatic N) is 3. The third kappa shape index (κ3) is 3.43. The van der Waals surface area contributed by atoms with Crippen LogP contribution in [0.25, 0.3) is 11.5 Å². The molecule has 0 aliphatic carbocycles. The number of aryl methyl sites for hydroxylation is 1. The van der Waals surface area contributed by atoms with E-state index in [4.69, 9.17) is 0 Å². The van der Waals surface area contributed by atoms with Crippen molar-refractivity contribution in [3.8, 4) is 0 Å². The molecule has 0 aromatic carbocycles. The maximum atomic E-state index is 13.9. The molecule has 8 nitrogen and oxygen atoms in total. The van der Waals surface area contributed by atoms with Gasteiger partial charge in [-0.05, 0) is 92.0 Å². The van der Waals surface area contributed by atoms with Gasteiger partial charge in [-0.25, -0.2) is 15.0 Å². The first-order chi connectivity index (χ1) is 18.0. The molecule has 0 atom stereocenters. The smallest absolute Gasteiger partial charge is 0.230 e. The van der Waals surface area contributed by atoms with E-state index in [1.165, 1.54) is 0 Å². The number of hydrogen-bond donors (Lipinski definition) is 4. The van der Waals surface area contributed by atoms with Gasteiger partial charge >= 0.3 is 0 Å². The van der Waals surface area contributed by atoms with Gasteiger partial charge in [-0.1, -0.05) is 20.8 Å². The fraction of sp³-hybridized carbons (Fsp3) is 0.333. The number of rotatable bonds is 3. The molecule has 1 aromatic rings. The van der Waals surface area contributed by atoms with Gasteiger partial charge in [-0.2, -0.15) is 0 Å². The minimum absolute atomic E-state index is 0.0918. The van der Waals surface area contributed by atoms with Crippen LogP contribution in [0.1, 0.15) is 77.8 Å². The number of H-pyrrole nitrogens is 1. The molecule has 38 heavy (non-hydrogen) atoms. The quantitative estimate of drug-likeness (QED) is 0.360. The largest absolute Gasteiger partial charge is 0.504 e. The normalized spacial score (nSPS) is 20.0. The average molecular weight is 513 g/mol. The number of aliphatic hydroxyl groups is 3. The van der Waals surface area contributed by atoms with Crippen LogP contribution < -0.4 is 0 Å². The summed E-state index contributed by atoms with van der Waals surface area (Å²) in [6.07, 6.45) is 1.67. The van der Waals surface area contributed by atoms with Crippen molar-refractivity contribution in [1.82, 2.24) is 4.98 Å². The summed E-state index contributed by atoms with van der Waals surface area (Å²) in [6.45, 7) is 13.2. The number of aliphatic hydroxyl groups excluding tert-OH is 3. The lowest BCUT2D eigenvalue weighted by Crippen LogP contribution is -2.24. The number of nitrogens with one attached hydrogen (secondary N) is 1. The minimum atomic E-state index is -0.347. The molecular formula is C30H32N4O4. The fourth-order valence-corrected chi connectivity index (χ4v) is 5.71. The molecule has 5 rings (SSSR count). The Bertz CT molecular complexity index is 1630. The molecule has 0 fully saturated rings. The van der Waals surface area contributed by atoms with Gasteiger partial charge < -0.3 is 20.3 Å². The summed E-state index contributed by atoms with van der Waals surface area (Å²) < 4.78 is 0. The highest BCUT2D eigenvalue weighted by Crippen LogP contribution is 2.40. The SMILES string of the molecule is CCC1=C(C)C2=C(O)C3=NC(=C(O)c4cc(C)c([nH]4)C(O)=C4N=C(C(=O)C1=N2)C(C)=C4CC)C(C)=C3CC. The Morgan fingerprint density at radius 1 is 0.658 bits per heavy atom. The minimum Gasteiger partial charge on any atom is -0.504 e. The van der Waals surface area contributed by atoms with Gasteiger partial charge in [0.25, 0.3) is 0 Å². The van der Waals surface area contributed by atoms with Crippen LogP contribution in [0.3, 0.4) is 0 Å². The van der Waals surface area contributed by atoms with E-state index in [9.17, 15) is 20.1 Å². The monoisotopic (exact) mass is 512 g/mol. The van der Waals surface area contributed by atoms with Crippen LogP contribution in [0.5, 0.6) is 0 Å². The van der Waals surface area contributed by atoms with Crippen LogP contribution >= 0.6 is 0 Å². The number of hydrogen-bond acceptors (Lipinski definition) is 7. The first kappa shape index (κ1) is 25.4. The van der Waals surface area contributed by atoms with Crippen LogP contribution in [0.2, 0.25) is 0 Å². The maximum absolute atomic E-state index is 13.9. The lowest BCUT2D eigenvalue weighted by Gasteiger charge is -2.08. The molecule has 0 radical (unpaired) electrons. The fourth-order valence-electron chi connectivity index (χ4n) is 5.71. The molecule has 0 saturated carbocycles. The van der Waals surface area contributed by atoms with Crippen LogP contribution in [-0.2, 0) is 4.79 Å². The molecular weight excluding hydrogens is 480 g/mol. The summed E-state index contributed by atoms with van der Waals surface area (Å²) >= 11 is 0. The van der Waals surface area contributed by atoms with E-state index >= 15 is 0 Å². The number of aromatic nitrogens is 1. The first-order valence-corrected chi connectivity index (χ1v) is 13.0. The second kappa shape index (κ2) is 8.97. The molecule has 0 amide bonds. The topological polar surface area (TPSA) is 131 Å². The Kier molecular flexibility index (Phi) is 6.01. The van der Waals surface area contributed by atoms with Gasteiger partial charge in [0.1, 0.15) is 34.2 Å². The number of carbonyl (C=O) groups excluding carboxylic acids is 1. The number of ketones is 1. The number of carbonyl (C=O) groups is 1. The molecule has 196 valence electrons. The lowest BCUT2D eigenvalue weighted by atomic mass is 9.94. The Labute approximate surface area is 221 Å². The van der Waals surface area contributed by atoms with Gasteiger partial charge in [0.05, 0.1) is 11.4 Å². The van der Waals surface area contributed by atoms with Crippen LogP contribution in [0.15, 0.2) is 77.3 Å². The number of Topliss-reactive ketones (excluding diaryl/α,β-unsaturated/α-hetero) is 1. The van der Waals surface area contributed by atoms with E-state index in [1.807, 2.05) is 48.5 Å². The predicted octanol–water partition coefficient (Wildman–Crippen LogP) is 6.67. The van der Waals surface area contributed by atoms with Crippen LogP contribution in [0.4, 0.5) is 0 Å². The summed E-state index contributed by atoms with van der Waals surface area (Å²) in [5.74, 6) is -0.659. The van der Waals surface area contributed by atoms with Gasteiger partial charge in [0, 0.05) is 0 Å². The van der Waals surface area contributed by atoms with E-state index in [0.717, 1.165) is 22.3 Å². The second-order valence-electron chi connectivity index (χ2n) is 9.91. The van der Waals surface area contributed by atoms with Gasteiger partial charge in [0.2, 0.25) is 5.78 Å². The van der Waals surface area contributed by atoms with Crippen molar-refractivity contribution in [2.24, 2.45) is 15.0 Å². The van der Waals surface area contributed by atoms with Crippen molar-refractivity contribution >= 4 is 34.4 Å². The van der Waals surface area contributed by atoms with Crippen molar-refractivity contribution in [3.63, 3.8) is 0 Å². The third-order valence-corrected chi connectivity index (χ3v) is 7.85. The molecule has 4 aliphatic rings. The Morgan fingerprint density at radius 3 is 1.79 bits per heavy atom. The molecule has 0 unspecified atom stereocenters. The molecule has 8 heteroatoms. The first-order valence-electron chi connectivity index (χ1n) is 13.0. The zero-order chi connectivity index (χ0) is 27.6. The van der Waals surface area contributed by atoms with Crippen molar-refractivity contribution < 1.29 is 20.1 Å². The van der Waals surface area contributed by atoms with Crippen LogP contribution in [-0.4, -0.2) is 43.2 Å². The Morgan fingerprint density at radius 2 is 1.18 bits per heavy atom. The molecule has 4 aliphatic heterocycles. The van der Waals surface area contributed by atoms with Gasteiger partial charge in [0.15, 0.2) is 17.3 Å². The zero-order valence-electron chi connectivity index (χ0n) is 22.8. The highest BCUT2D eigenvalue weighted by atomic mass is 16.3. The molecule has 8 bridgehead atoms. The summed E-state index contributed by atoms with van der Waals surface area (Å²) in [6, 6.07) is 1.73. The van der Waals surface area contributed by atoms with E-state index in [1.54, 1.807) is 6.07 Å². The van der Waals surface area contributed by atoms with E-state index < -0.39 is 0 Å². The standard InChI is InChI=1S/C30H32N4O4/c1-8-16-13(5)21-27(35)19-11-12(4)20(31-19)28(36)24-17(9-2)14(6)22(33-24)30(38)26-18(10-3)15(7)23(34-26)29(37)25(16)32-21/h11,31,35-37H,8-10H2,1-7H3. The zero-order valence-corrected chi connectivity index (χ0v) is 22.8. The molecule has 5 heterocycles.